The normalized spacial score (nSPS) is 16.8. The van der Waals surface area contributed by atoms with Gasteiger partial charge in [-0.3, -0.25) is 15.0 Å². The Balaban J connectivity index is 1.74. The summed E-state index contributed by atoms with van der Waals surface area (Å²) in [5.74, 6) is 1.07. The third-order valence-corrected chi connectivity index (χ3v) is 5.08. The second-order valence-corrected chi connectivity index (χ2v) is 6.84. The van der Waals surface area contributed by atoms with Crippen molar-refractivity contribution in [2.75, 3.05) is 30.7 Å². The number of piperidine rings is 1. The van der Waals surface area contributed by atoms with Gasteiger partial charge in [0.25, 0.3) is 0 Å². The number of nitrogens with one attached hydrogen (secondary N) is 1. The van der Waals surface area contributed by atoms with Crippen molar-refractivity contribution in [2.45, 2.75) is 31.3 Å². The van der Waals surface area contributed by atoms with E-state index in [1.54, 1.807) is 11.8 Å². The second kappa shape index (κ2) is 8.45. The van der Waals surface area contributed by atoms with Gasteiger partial charge in [-0.05, 0) is 32.4 Å². The molecule has 0 bridgehead atoms. The van der Waals surface area contributed by atoms with E-state index in [9.17, 15) is 9.59 Å². The average Bonchev–Trinajstić information content (AvgIpc) is 2.93. The highest BCUT2D eigenvalue weighted by Crippen LogP contribution is 2.20. The fourth-order valence-corrected chi connectivity index (χ4v) is 3.54. The van der Waals surface area contributed by atoms with Crippen molar-refractivity contribution in [1.82, 2.24) is 14.3 Å². The standard InChI is InChI=1S/C13H20N4O2S2/c1-2-7-20-13-15-12(21-16-13)14-11(19)8-17-5-3-10(9-18)4-6-17/h9-10H,2-8H2,1H3,(H,14,15,16,19). The summed E-state index contributed by atoms with van der Waals surface area (Å²) in [5.41, 5.74) is 0. The Hall–Kier alpha value is -0.990. The van der Waals surface area contributed by atoms with Crippen LogP contribution < -0.4 is 5.32 Å². The molecular weight excluding hydrogens is 308 g/mol. The molecule has 0 aliphatic carbocycles. The minimum atomic E-state index is -0.0669. The van der Waals surface area contributed by atoms with Crippen molar-refractivity contribution in [3.8, 4) is 0 Å². The molecule has 0 saturated carbocycles. The van der Waals surface area contributed by atoms with Crippen LogP contribution in [-0.2, 0) is 9.59 Å². The van der Waals surface area contributed by atoms with Gasteiger partial charge >= 0.3 is 0 Å². The highest BCUT2D eigenvalue weighted by molar-refractivity contribution is 7.99. The van der Waals surface area contributed by atoms with E-state index in [1.165, 1.54) is 11.5 Å². The molecule has 1 saturated heterocycles. The first-order chi connectivity index (χ1) is 10.2. The van der Waals surface area contributed by atoms with Gasteiger partial charge in [-0.15, -0.1) is 0 Å². The van der Waals surface area contributed by atoms with Gasteiger partial charge in [0.1, 0.15) is 6.29 Å². The first-order valence-corrected chi connectivity index (χ1v) is 8.91. The maximum absolute atomic E-state index is 12.0. The van der Waals surface area contributed by atoms with E-state index >= 15 is 0 Å². The van der Waals surface area contributed by atoms with E-state index in [2.05, 4.69) is 26.5 Å². The molecule has 1 aliphatic heterocycles. The summed E-state index contributed by atoms with van der Waals surface area (Å²) < 4.78 is 4.20. The molecular formula is C13H20N4O2S2. The van der Waals surface area contributed by atoms with Crippen LogP contribution in [0.2, 0.25) is 0 Å². The summed E-state index contributed by atoms with van der Waals surface area (Å²) in [6.45, 7) is 4.05. The van der Waals surface area contributed by atoms with Crippen LogP contribution in [0.1, 0.15) is 26.2 Å². The summed E-state index contributed by atoms with van der Waals surface area (Å²) in [7, 11) is 0. The number of aldehydes is 1. The number of amides is 1. The van der Waals surface area contributed by atoms with Gasteiger partial charge in [0.05, 0.1) is 6.54 Å². The molecule has 0 unspecified atom stereocenters. The Morgan fingerprint density at radius 1 is 1.52 bits per heavy atom. The van der Waals surface area contributed by atoms with Crippen LogP contribution >= 0.6 is 23.3 Å². The van der Waals surface area contributed by atoms with Gasteiger partial charge in [-0.25, -0.2) is 0 Å². The number of anilines is 1. The zero-order chi connectivity index (χ0) is 15.1. The number of nitrogens with zero attached hydrogens (tertiary/aromatic N) is 3. The van der Waals surface area contributed by atoms with Crippen molar-refractivity contribution >= 4 is 40.6 Å². The molecule has 0 atom stereocenters. The van der Waals surface area contributed by atoms with E-state index in [4.69, 9.17) is 0 Å². The number of likely N-dealkylation sites (tertiary alicyclic amines) is 1. The minimum absolute atomic E-state index is 0.0669. The van der Waals surface area contributed by atoms with E-state index < -0.39 is 0 Å². The predicted octanol–water partition coefficient (Wildman–Crippen LogP) is 1.89. The molecule has 1 amide bonds. The van der Waals surface area contributed by atoms with Gasteiger partial charge in [0, 0.05) is 23.2 Å². The summed E-state index contributed by atoms with van der Waals surface area (Å²) in [6, 6.07) is 0. The molecule has 21 heavy (non-hydrogen) atoms. The molecule has 2 rings (SSSR count). The summed E-state index contributed by atoms with van der Waals surface area (Å²) in [4.78, 5) is 29.0. The largest absolute Gasteiger partial charge is 0.303 e. The lowest BCUT2D eigenvalue weighted by Gasteiger charge is -2.28. The molecule has 1 N–H and O–H groups in total. The van der Waals surface area contributed by atoms with E-state index in [0.29, 0.717) is 11.7 Å². The first kappa shape index (κ1) is 16.4. The molecule has 8 heteroatoms. The maximum atomic E-state index is 12.0. The number of carbonyl (C=O) groups excluding carboxylic acids is 2. The third kappa shape index (κ3) is 5.37. The topological polar surface area (TPSA) is 75.2 Å². The zero-order valence-corrected chi connectivity index (χ0v) is 13.7. The van der Waals surface area contributed by atoms with Gasteiger partial charge < -0.3 is 4.79 Å². The Kier molecular flexibility index (Phi) is 6.59. The number of hydrogen-bond donors (Lipinski definition) is 1. The third-order valence-electron chi connectivity index (χ3n) is 3.28. The van der Waals surface area contributed by atoms with Crippen molar-refractivity contribution in [1.29, 1.82) is 0 Å². The van der Waals surface area contributed by atoms with Crippen LogP contribution in [0.3, 0.4) is 0 Å². The SMILES string of the molecule is CCCSc1nsc(NC(=O)CN2CCC(C=O)CC2)n1. The van der Waals surface area contributed by atoms with Gasteiger partial charge in [-0.1, -0.05) is 18.7 Å². The first-order valence-electron chi connectivity index (χ1n) is 7.15. The van der Waals surface area contributed by atoms with Gasteiger partial charge in [0.2, 0.25) is 16.2 Å². The molecule has 1 aromatic rings. The summed E-state index contributed by atoms with van der Waals surface area (Å²) >= 11 is 2.82. The van der Waals surface area contributed by atoms with Gasteiger partial charge in [0.15, 0.2) is 0 Å². The van der Waals surface area contributed by atoms with E-state index in [1.807, 2.05) is 0 Å². The van der Waals surface area contributed by atoms with Crippen LogP contribution in [0, 0.1) is 5.92 Å². The van der Waals surface area contributed by atoms with Crippen LogP contribution in [0.5, 0.6) is 0 Å². The lowest BCUT2D eigenvalue weighted by atomic mass is 9.99. The fourth-order valence-electron chi connectivity index (χ4n) is 2.12. The monoisotopic (exact) mass is 328 g/mol. The molecule has 2 heterocycles. The number of hydrogen-bond acceptors (Lipinski definition) is 7. The van der Waals surface area contributed by atoms with Crippen LogP contribution in [0.15, 0.2) is 5.16 Å². The Labute approximate surface area is 132 Å². The molecule has 116 valence electrons. The quantitative estimate of drug-likeness (QED) is 0.608. The molecule has 0 spiro atoms. The lowest BCUT2D eigenvalue weighted by molar-refractivity contribution is -0.117. The van der Waals surface area contributed by atoms with Crippen molar-refractivity contribution in [2.24, 2.45) is 5.92 Å². The molecule has 6 nitrogen and oxygen atoms in total. The number of rotatable bonds is 7. The van der Waals surface area contributed by atoms with E-state index in [-0.39, 0.29) is 11.8 Å². The maximum Gasteiger partial charge on any atom is 0.240 e. The van der Waals surface area contributed by atoms with Crippen LogP contribution in [0.25, 0.3) is 0 Å². The Morgan fingerprint density at radius 3 is 2.95 bits per heavy atom. The average molecular weight is 328 g/mol. The molecule has 0 aromatic carbocycles. The fraction of sp³-hybridized carbons (Fsp3) is 0.692. The summed E-state index contributed by atoms with van der Waals surface area (Å²) in [6.07, 6.45) is 3.78. The van der Waals surface area contributed by atoms with Gasteiger partial charge in [-0.2, -0.15) is 9.36 Å². The number of thioether (sulfide) groups is 1. The van der Waals surface area contributed by atoms with Crippen LogP contribution in [-0.4, -0.2) is 51.8 Å². The van der Waals surface area contributed by atoms with Crippen molar-refractivity contribution in [3.05, 3.63) is 0 Å². The highest BCUT2D eigenvalue weighted by Gasteiger charge is 2.20. The molecule has 0 radical (unpaired) electrons. The molecule has 1 fully saturated rings. The zero-order valence-electron chi connectivity index (χ0n) is 12.1. The lowest BCUT2D eigenvalue weighted by Crippen LogP contribution is -2.39. The number of carbonyl (C=O) groups is 2. The smallest absolute Gasteiger partial charge is 0.240 e. The molecule has 1 aromatic heterocycles. The second-order valence-electron chi connectivity index (χ2n) is 5.03. The Morgan fingerprint density at radius 2 is 2.29 bits per heavy atom. The number of aromatic nitrogens is 2. The van der Waals surface area contributed by atoms with Crippen molar-refractivity contribution in [3.63, 3.8) is 0 Å². The highest BCUT2D eigenvalue weighted by atomic mass is 32.2. The molecule has 1 aliphatic rings. The summed E-state index contributed by atoms with van der Waals surface area (Å²) in [5, 5.41) is 4.08. The van der Waals surface area contributed by atoms with E-state index in [0.717, 1.165) is 49.5 Å². The Bertz CT molecular complexity index is 472. The van der Waals surface area contributed by atoms with Crippen molar-refractivity contribution < 1.29 is 9.59 Å². The van der Waals surface area contributed by atoms with Crippen LogP contribution in [0.4, 0.5) is 5.13 Å². The predicted molar refractivity (Wildman–Crippen MR) is 84.8 cm³/mol. The minimum Gasteiger partial charge on any atom is -0.303 e.